The molecule has 2 aliphatic rings. The Morgan fingerprint density at radius 2 is 1.69 bits per heavy atom. The van der Waals surface area contributed by atoms with Crippen LogP contribution >= 0.6 is 0 Å². The highest BCUT2D eigenvalue weighted by molar-refractivity contribution is 5.82. The molecule has 1 saturated heterocycles. The summed E-state index contributed by atoms with van der Waals surface area (Å²) in [5.74, 6) is 1.72. The Kier molecular flexibility index (Phi) is 6.80. The molecule has 2 aliphatic heterocycles. The van der Waals surface area contributed by atoms with Gasteiger partial charge in [0.05, 0.1) is 26.2 Å². The van der Waals surface area contributed by atoms with Gasteiger partial charge >= 0.3 is 0 Å². The lowest BCUT2D eigenvalue weighted by molar-refractivity contribution is -0.125. The SMILES string of the molecule is COc1ccc(N2CCN3c4cc(OC)ccc4C[C@H](C(=O)NCCc4ccccc4)[C@H]3C2)cc1. The Bertz CT molecular complexity index is 1150. The van der Waals surface area contributed by atoms with Gasteiger partial charge in [-0.15, -0.1) is 0 Å². The van der Waals surface area contributed by atoms with Crippen LogP contribution in [0.4, 0.5) is 11.4 Å². The summed E-state index contributed by atoms with van der Waals surface area (Å²) in [7, 11) is 3.38. The number of ether oxygens (including phenoxy) is 2. The van der Waals surface area contributed by atoms with Gasteiger partial charge in [-0.3, -0.25) is 4.79 Å². The van der Waals surface area contributed by atoms with E-state index in [9.17, 15) is 4.79 Å². The number of rotatable bonds is 7. The van der Waals surface area contributed by atoms with Crippen LogP contribution in [0.3, 0.4) is 0 Å². The zero-order chi connectivity index (χ0) is 24.2. The number of fused-ring (bicyclic) bond motifs is 3. The maximum absolute atomic E-state index is 13.5. The molecular weight excluding hydrogens is 438 g/mol. The molecule has 2 atom stereocenters. The third-order valence-corrected chi connectivity index (χ3v) is 7.25. The molecular formula is C29H33N3O3. The van der Waals surface area contributed by atoms with Gasteiger partial charge in [-0.25, -0.2) is 0 Å². The van der Waals surface area contributed by atoms with Crippen LogP contribution in [0.15, 0.2) is 72.8 Å². The first-order valence-corrected chi connectivity index (χ1v) is 12.3. The lowest BCUT2D eigenvalue weighted by Crippen LogP contribution is -2.61. The van der Waals surface area contributed by atoms with Crippen LogP contribution in [0.25, 0.3) is 0 Å². The second kappa shape index (κ2) is 10.3. The predicted octanol–water partition coefficient (Wildman–Crippen LogP) is 3.93. The number of benzene rings is 3. The first-order chi connectivity index (χ1) is 17.2. The summed E-state index contributed by atoms with van der Waals surface area (Å²) >= 11 is 0. The molecule has 0 aromatic heterocycles. The summed E-state index contributed by atoms with van der Waals surface area (Å²) in [6, 6.07) is 24.8. The van der Waals surface area contributed by atoms with Crippen LogP contribution in [0, 0.1) is 5.92 Å². The van der Waals surface area contributed by atoms with Crippen molar-refractivity contribution in [1.82, 2.24) is 5.32 Å². The van der Waals surface area contributed by atoms with Crippen molar-refractivity contribution in [2.45, 2.75) is 18.9 Å². The molecule has 6 nitrogen and oxygen atoms in total. The van der Waals surface area contributed by atoms with E-state index >= 15 is 0 Å². The summed E-state index contributed by atoms with van der Waals surface area (Å²) in [6.07, 6.45) is 1.56. The van der Waals surface area contributed by atoms with Crippen LogP contribution < -0.4 is 24.6 Å². The molecule has 2 heterocycles. The normalized spacial score (nSPS) is 18.9. The fraction of sp³-hybridized carbons (Fsp3) is 0.345. The molecule has 0 unspecified atom stereocenters. The number of hydrogen-bond acceptors (Lipinski definition) is 5. The minimum absolute atomic E-state index is 0.0854. The van der Waals surface area contributed by atoms with Crippen LogP contribution in [-0.2, 0) is 17.6 Å². The van der Waals surface area contributed by atoms with Gasteiger partial charge in [0, 0.05) is 43.6 Å². The van der Waals surface area contributed by atoms with Crippen molar-refractivity contribution < 1.29 is 14.3 Å². The van der Waals surface area contributed by atoms with E-state index in [-0.39, 0.29) is 17.9 Å². The number of methoxy groups -OCH3 is 2. The zero-order valence-corrected chi connectivity index (χ0v) is 20.4. The topological polar surface area (TPSA) is 54.0 Å². The number of anilines is 2. The van der Waals surface area contributed by atoms with E-state index in [2.05, 4.69) is 51.5 Å². The summed E-state index contributed by atoms with van der Waals surface area (Å²) in [5.41, 5.74) is 4.80. The Labute approximate surface area is 207 Å². The van der Waals surface area contributed by atoms with Gasteiger partial charge in [0.15, 0.2) is 0 Å². The van der Waals surface area contributed by atoms with Gasteiger partial charge in [0.2, 0.25) is 5.91 Å². The monoisotopic (exact) mass is 471 g/mol. The van der Waals surface area contributed by atoms with Gasteiger partial charge in [0.1, 0.15) is 11.5 Å². The quantitative estimate of drug-likeness (QED) is 0.566. The molecule has 3 aromatic carbocycles. The van der Waals surface area contributed by atoms with Crippen molar-refractivity contribution in [3.05, 3.63) is 83.9 Å². The van der Waals surface area contributed by atoms with Crippen molar-refractivity contribution >= 4 is 17.3 Å². The summed E-state index contributed by atoms with van der Waals surface area (Å²) < 4.78 is 10.8. The Balaban J connectivity index is 1.36. The fourth-order valence-electron chi connectivity index (χ4n) is 5.34. The first-order valence-electron chi connectivity index (χ1n) is 12.3. The third kappa shape index (κ3) is 4.92. The Hall–Kier alpha value is -3.67. The molecule has 1 N–H and O–H groups in total. The molecule has 5 rings (SSSR count). The van der Waals surface area contributed by atoms with Gasteiger partial charge in [-0.2, -0.15) is 0 Å². The highest BCUT2D eigenvalue weighted by Gasteiger charge is 2.41. The zero-order valence-electron chi connectivity index (χ0n) is 20.4. The molecule has 6 heteroatoms. The lowest BCUT2D eigenvalue weighted by atomic mass is 9.83. The molecule has 0 saturated carbocycles. The van der Waals surface area contributed by atoms with E-state index in [0.717, 1.165) is 49.7 Å². The molecule has 0 radical (unpaired) electrons. The first kappa shape index (κ1) is 23.1. The second-order valence-corrected chi connectivity index (χ2v) is 9.24. The number of piperazine rings is 1. The van der Waals surface area contributed by atoms with Crippen LogP contribution in [0.5, 0.6) is 11.5 Å². The molecule has 3 aromatic rings. The van der Waals surface area contributed by atoms with E-state index in [1.54, 1.807) is 14.2 Å². The van der Waals surface area contributed by atoms with Crippen LogP contribution in [-0.4, -0.2) is 52.3 Å². The highest BCUT2D eigenvalue weighted by Crippen LogP contribution is 2.39. The number of amides is 1. The van der Waals surface area contributed by atoms with Gasteiger partial charge in [0.25, 0.3) is 0 Å². The van der Waals surface area contributed by atoms with Crippen molar-refractivity contribution in [3.8, 4) is 11.5 Å². The van der Waals surface area contributed by atoms with Gasteiger partial charge in [-0.05, 0) is 54.3 Å². The summed E-state index contributed by atoms with van der Waals surface area (Å²) in [4.78, 5) is 18.3. The number of nitrogens with one attached hydrogen (secondary N) is 1. The van der Waals surface area contributed by atoms with E-state index in [1.165, 1.54) is 16.8 Å². The predicted molar refractivity (Wildman–Crippen MR) is 140 cm³/mol. The van der Waals surface area contributed by atoms with Crippen molar-refractivity contribution in [2.24, 2.45) is 5.92 Å². The third-order valence-electron chi connectivity index (χ3n) is 7.25. The number of carbonyl (C=O) groups excluding carboxylic acids is 1. The summed E-state index contributed by atoms with van der Waals surface area (Å²) in [5, 5.41) is 3.23. The van der Waals surface area contributed by atoms with Crippen LogP contribution in [0.1, 0.15) is 11.1 Å². The molecule has 0 bridgehead atoms. The average Bonchev–Trinajstić information content (AvgIpc) is 2.92. The highest BCUT2D eigenvalue weighted by atomic mass is 16.5. The fourth-order valence-corrected chi connectivity index (χ4v) is 5.34. The van der Waals surface area contributed by atoms with E-state index in [1.807, 2.05) is 36.4 Å². The lowest BCUT2D eigenvalue weighted by Gasteiger charge is -2.49. The second-order valence-electron chi connectivity index (χ2n) is 9.24. The molecule has 35 heavy (non-hydrogen) atoms. The van der Waals surface area contributed by atoms with Crippen LogP contribution in [0.2, 0.25) is 0 Å². The van der Waals surface area contributed by atoms with Crippen molar-refractivity contribution in [3.63, 3.8) is 0 Å². The smallest absolute Gasteiger partial charge is 0.225 e. The van der Waals surface area contributed by atoms with Gasteiger partial charge < -0.3 is 24.6 Å². The van der Waals surface area contributed by atoms with E-state index in [4.69, 9.17) is 9.47 Å². The Morgan fingerprint density at radius 1 is 0.943 bits per heavy atom. The molecule has 1 fully saturated rings. The maximum atomic E-state index is 13.5. The number of nitrogens with zero attached hydrogens (tertiary/aromatic N) is 2. The van der Waals surface area contributed by atoms with E-state index < -0.39 is 0 Å². The minimum Gasteiger partial charge on any atom is -0.497 e. The largest absolute Gasteiger partial charge is 0.497 e. The number of hydrogen-bond donors (Lipinski definition) is 1. The van der Waals surface area contributed by atoms with Gasteiger partial charge in [-0.1, -0.05) is 36.4 Å². The molecule has 1 amide bonds. The van der Waals surface area contributed by atoms with Crippen molar-refractivity contribution in [2.75, 3.05) is 50.2 Å². The number of carbonyl (C=O) groups is 1. The molecule has 0 aliphatic carbocycles. The maximum Gasteiger partial charge on any atom is 0.225 e. The molecule has 0 spiro atoms. The Morgan fingerprint density at radius 3 is 2.43 bits per heavy atom. The standard InChI is InChI=1S/C29H33N3O3/c1-34-24-12-9-23(10-13-24)31-16-17-32-27-19-25(35-2)11-8-22(27)18-26(28(32)20-31)29(33)30-15-14-21-6-4-3-5-7-21/h3-13,19,26,28H,14-18,20H2,1-2H3,(H,30,33)/t26-,28+/m0/s1. The minimum atomic E-state index is -0.118. The van der Waals surface area contributed by atoms with Crippen molar-refractivity contribution in [1.29, 1.82) is 0 Å². The van der Waals surface area contributed by atoms with E-state index in [0.29, 0.717) is 6.54 Å². The molecule has 182 valence electrons. The summed E-state index contributed by atoms with van der Waals surface area (Å²) in [6.45, 7) is 3.18. The average molecular weight is 472 g/mol.